The lowest BCUT2D eigenvalue weighted by molar-refractivity contribution is -0.0596. The number of sulfonamides is 2. The number of methoxy groups -OCH3 is 1. The fourth-order valence-corrected chi connectivity index (χ4v) is 9.17. The van der Waals surface area contributed by atoms with Crippen molar-refractivity contribution in [1.82, 2.24) is 8.61 Å². The number of hydrogen-bond donors (Lipinski definition) is 1. The summed E-state index contributed by atoms with van der Waals surface area (Å²) in [6, 6.07) is 10.0. The predicted octanol–water partition coefficient (Wildman–Crippen LogP) is 3.97. The molecule has 2 bridgehead atoms. The number of rotatable bonds is 11. The van der Waals surface area contributed by atoms with E-state index in [1.807, 2.05) is 25.1 Å². The van der Waals surface area contributed by atoms with Crippen molar-refractivity contribution in [3.8, 4) is 11.5 Å². The zero-order valence-corrected chi connectivity index (χ0v) is 26.1. The summed E-state index contributed by atoms with van der Waals surface area (Å²) in [5.41, 5.74) is 3.23. The van der Waals surface area contributed by atoms with Gasteiger partial charge in [-0.2, -0.15) is 0 Å². The van der Waals surface area contributed by atoms with Crippen LogP contribution < -0.4 is 9.47 Å². The highest BCUT2D eigenvalue weighted by Gasteiger charge is 2.48. The summed E-state index contributed by atoms with van der Waals surface area (Å²) < 4.78 is 59.1. The summed E-state index contributed by atoms with van der Waals surface area (Å²) in [5.74, 6) is 1.26. The van der Waals surface area contributed by atoms with Crippen molar-refractivity contribution in [3.05, 3.63) is 57.6 Å². The largest absolute Gasteiger partial charge is 0.495 e. The summed E-state index contributed by atoms with van der Waals surface area (Å²) >= 11 is 6.21. The molecular weight excluding hydrogens is 576 g/mol. The summed E-state index contributed by atoms with van der Waals surface area (Å²) in [6.07, 6.45) is 5.36. The Kier molecular flexibility index (Phi) is 9.14. The van der Waals surface area contributed by atoms with Gasteiger partial charge in [0, 0.05) is 25.2 Å². The molecule has 0 aromatic heterocycles. The van der Waals surface area contributed by atoms with Crippen LogP contribution in [0.1, 0.15) is 54.4 Å². The van der Waals surface area contributed by atoms with Gasteiger partial charge in [-0.15, -0.1) is 0 Å². The number of aliphatic hydroxyl groups is 1. The fourth-order valence-electron chi connectivity index (χ4n) is 6.09. The topological polar surface area (TPSA) is 113 Å². The number of benzene rings is 2. The van der Waals surface area contributed by atoms with Gasteiger partial charge in [0.1, 0.15) is 11.5 Å². The third kappa shape index (κ3) is 6.60. The molecule has 2 aliphatic heterocycles. The van der Waals surface area contributed by atoms with Gasteiger partial charge in [-0.05, 0) is 86.4 Å². The second kappa shape index (κ2) is 11.8. The molecule has 0 saturated carbocycles. The monoisotopic (exact) mass is 614 g/mol. The van der Waals surface area contributed by atoms with Gasteiger partial charge in [0.15, 0.2) is 0 Å². The Bertz CT molecular complexity index is 1420. The van der Waals surface area contributed by atoms with Crippen LogP contribution in [0, 0.1) is 13.8 Å². The molecule has 2 heterocycles. The van der Waals surface area contributed by atoms with Gasteiger partial charge < -0.3 is 14.6 Å². The van der Waals surface area contributed by atoms with Gasteiger partial charge in [-0.1, -0.05) is 27.4 Å². The Hall–Kier alpha value is -1.89. The minimum Gasteiger partial charge on any atom is -0.495 e. The van der Waals surface area contributed by atoms with Crippen molar-refractivity contribution in [3.63, 3.8) is 0 Å². The van der Waals surface area contributed by atoms with Crippen molar-refractivity contribution >= 4 is 31.6 Å². The molecule has 2 aliphatic rings. The molecule has 0 spiro atoms. The van der Waals surface area contributed by atoms with Crippen LogP contribution >= 0.6 is 11.6 Å². The van der Waals surface area contributed by atoms with Crippen LogP contribution in [0.2, 0.25) is 5.02 Å². The molecular formula is C28H39ClN2O7S2. The maximum absolute atomic E-state index is 11.8. The van der Waals surface area contributed by atoms with Crippen LogP contribution in [-0.4, -0.2) is 75.4 Å². The second-order valence-corrected chi connectivity index (χ2v) is 15.5. The number of hydrogen-bond acceptors (Lipinski definition) is 8. The maximum Gasteiger partial charge on any atom is 0.224 e. The van der Waals surface area contributed by atoms with E-state index in [1.54, 1.807) is 13.2 Å². The average Bonchev–Trinajstić information content (AvgIpc) is 3.10. The van der Waals surface area contributed by atoms with Crippen molar-refractivity contribution in [2.45, 2.75) is 70.2 Å². The third-order valence-electron chi connectivity index (χ3n) is 8.29. The van der Waals surface area contributed by atoms with Gasteiger partial charge in [0.25, 0.3) is 0 Å². The van der Waals surface area contributed by atoms with Crippen molar-refractivity contribution in [2.75, 3.05) is 32.8 Å². The third-order valence-corrected chi connectivity index (χ3v) is 12.1. The van der Waals surface area contributed by atoms with E-state index < -0.39 is 25.6 Å². The van der Waals surface area contributed by atoms with Crippen LogP contribution in [0.4, 0.5) is 0 Å². The lowest BCUT2D eigenvalue weighted by Crippen LogP contribution is -2.49. The normalized spacial score (nSPS) is 23.5. The average molecular weight is 615 g/mol. The molecule has 2 fully saturated rings. The molecule has 2 atom stereocenters. The van der Waals surface area contributed by atoms with E-state index >= 15 is 0 Å². The minimum absolute atomic E-state index is 0.166. The fraction of sp³-hybridized carbons (Fsp3) is 0.571. The highest BCUT2D eigenvalue weighted by atomic mass is 35.5. The van der Waals surface area contributed by atoms with Crippen LogP contribution in [0.25, 0.3) is 0 Å². The maximum atomic E-state index is 11.8. The molecule has 2 aromatic rings. The Balaban J connectivity index is 1.40. The Morgan fingerprint density at radius 3 is 2.20 bits per heavy atom. The lowest BCUT2D eigenvalue weighted by atomic mass is 9.80. The van der Waals surface area contributed by atoms with Crippen molar-refractivity contribution < 1.29 is 31.4 Å². The highest BCUT2D eigenvalue weighted by molar-refractivity contribution is 8.03. The van der Waals surface area contributed by atoms with E-state index in [9.17, 15) is 21.9 Å². The first-order chi connectivity index (χ1) is 18.6. The quantitative estimate of drug-likeness (QED) is 0.378. The molecule has 222 valence electrons. The van der Waals surface area contributed by atoms with Gasteiger partial charge in [0.2, 0.25) is 20.0 Å². The van der Waals surface area contributed by atoms with E-state index in [4.69, 9.17) is 21.1 Å². The Morgan fingerprint density at radius 1 is 1.00 bits per heavy atom. The molecule has 9 nitrogen and oxygen atoms in total. The van der Waals surface area contributed by atoms with E-state index in [1.165, 1.54) is 5.56 Å². The summed E-state index contributed by atoms with van der Waals surface area (Å²) in [6.45, 7) is 4.85. The van der Waals surface area contributed by atoms with Gasteiger partial charge in [0.05, 0.1) is 36.9 Å². The number of nitrogens with zero attached hydrogens (tertiary/aromatic N) is 2. The highest BCUT2D eigenvalue weighted by Crippen LogP contribution is 2.47. The Morgan fingerprint density at radius 2 is 1.62 bits per heavy atom. The summed E-state index contributed by atoms with van der Waals surface area (Å²) in [4.78, 5) is 2.51. The number of ether oxygens (including phenoxy) is 2. The minimum atomic E-state index is -3.88. The van der Waals surface area contributed by atoms with E-state index in [0.717, 1.165) is 48.6 Å². The number of fused-ring (bicyclic) bond motifs is 2. The molecule has 40 heavy (non-hydrogen) atoms. The number of halogens is 1. The smallest absolute Gasteiger partial charge is 0.224 e. The molecule has 4 rings (SSSR count). The zero-order valence-electron chi connectivity index (χ0n) is 23.7. The lowest BCUT2D eigenvalue weighted by Gasteiger charge is -2.44. The first-order valence-electron chi connectivity index (χ1n) is 13.4. The first kappa shape index (κ1) is 31.1. The molecule has 0 radical (unpaired) electrons. The van der Waals surface area contributed by atoms with Gasteiger partial charge in [-0.3, -0.25) is 4.90 Å². The van der Waals surface area contributed by atoms with Crippen LogP contribution in [-0.2, 0) is 32.2 Å². The van der Waals surface area contributed by atoms with E-state index in [2.05, 4.69) is 17.9 Å². The van der Waals surface area contributed by atoms with Gasteiger partial charge in [-0.25, -0.2) is 16.8 Å². The van der Waals surface area contributed by atoms with Crippen molar-refractivity contribution in [2.24, 2.45) is 0 Å². The molecule has 12 heteroatoms. The number of piperidine rings is 1. The molecule has 0 aliphatic carbocycles. The summed E-state index contributed by atoms with van der Waals surface area (Å²) in [5, 5.41) is 12.2. The molecule has 2 aromatic carbocycles. The van der Waals surface area contributed by atoms with Crippen LogP contribution in [0.5, 0.6) is 11.5 Å². The van der Waals surface area contributed by atoms with Crippen LogP contribution in [0.3, 0.4) is 0 Å². The van der Waals surface area contributed by atoms with E-state index in [-0.39, 0.29) is 31.7 Å². The molecule has 1 N–H and O–H groups in total. The van der Waals surface area contributed by atoms with E-state index in [0.29, 0.717) is 33.1 Å². The Labute approximate surface area is 243 Å². The van der Waals surface area contributed by atoms with Crippen LogP contribution in [0.15, 0.2) is 30.3 Å². The second-order valence-electron chi connectivity index (χ2n) is 11.0. The molecule has 2 unspecified atom stereocenters. The van der Waals surface area contributed by atoms with Gasteiger partial charge >= 0.3 is 0 Å². The zero-order chi connectivity index (χ0) is 29.5. The predicted molar refractivity (Wildman–Crippen MR) is 156 cm³/mol. The standard InChI is InChI=1S/C28H39ClN2O7S2/c1-19-20(2)26(38-14-6-13-31(39(4,33)34)40(5,35)36)12-7-21(19)18-30-23-9-10-24(30)17-28(32,16-23)22-8-11-25(29)27(15-22)37-3/h7-8,11-12,15,23-24,32H,6,9-10,13-14,16-18H2,1-5H3. The molecule has 2 saturated heterocycles. The SMILES string of the molecule is COc1cc(C2(O)CC3CCC(C2)N3Cc2ccc(OCCCN(S(C)(=O)=O)S(C)(=O)=O)c(C)c2C)ccc1Cl. The molecule has 0 amide bonds. The first-order valence-corrected chi connectivity index (χ1v) is 17.4. The summed E-state index contributed by atoms with van der Waals surface area (Å²) in [7, 11) is -6.18. The van der Waals surface area contributed by atoms with Crippen molar-refractivity contribution in [1.29, 1.82) is 0 Å².